The molecule has 0 aromatic heterocycles. The van der Waals surface area contributed by atoms with E-state index in [-0.39, 0.29) is 11.7 Å². The fourth-order valence-electron chi connectivity index (χ4n) is 2.64. The lowest BCUT2D eigenvalue weighted by Gasteiger charge is -2.12. The van der Waals surface area contributed by atoms with Gasteiger partial charge in [-0.2, -0.15) is 0 Å². The number of ether oxygens (including phenoxy) is 2. The van der Waals surface area contributed by atoms with E-state index in [0.717, 1.165) is 11.3 Å². The van der Waals surface area contributed by atoms with Crippen LogP contribution < -0.4 is 14.8 Å². The molecule has 0 radical (unpaired) electrons. The molecule has 0 fully saturated rings. The molecule has 0 bridgehead atoms. The van der Waals surface area contributed by atoms with E-state index in [0.29, 0.717) is 29.2 Å². The first-order valence-corrected chi connectivity index (χ1v) is 8.84. The largest absolute Gasteiger partial charge is 0.493 e. The van der Waals surface area contributed by atoms with Gasteiger partial charge in [-0.1, -0.05) is 30.3 Å². The maximum Gasteiger partial charge on any atom is 0.255 e. The van der Waals surface area contributed by atoms with Crippen molar-refractivity contribution in [2.45, 2.75) is 13.5 Å². The van der Waals surface area contributed by atoms with Crippen molar-refractivity contribution in [2.75, 3.05) is 12.4 Å². The molecule has 0 spiro atoms. The van der Waals surface area contributed by atoms with Crippen molar-refractivity contribution in [3.8, 4) is 11.5 Å². The molecule has 1 amide bonds. The lowest BCUT2D eigenvalue weighted by atomic mass is 10.1. The van der Waals surface area contributed by atoms with Crippen molar-refractivity contribution in [1.82, 2.24) is 0 Å². The van der Waals surface area contributed by atoms with Crippen LogP contribution >= 0.6 is 0 Å². The third-order valence-electron chi connectivity index (χ3n) is 4.21. The molecular formula is C23H21NO4. The van der Waals surface area contributed by atoms with Gasteiger partial charge in [0.25, 0.3) is 5.91 Å². The van der Waals surface area contributed by atoms with E-state index in [1.54, 1.807) is 30.3 Å². The third kappa shape index (κ3) is 4.76. The standard InChI is InChI=1S/C23H21NO4/c1-16(25)19-12-13-21(22(14-19)27-2)28-15-17-8-10-18(11-9-17)23(26)24-20-6-4-3-5-7-20/h3-14H,15H2,1-2H3,(H,24,26). The maximum absolute atomic E-state index is 12.3. The molecule has 3 aromatic rings. The van der Waals surface area contributed by atoms with Crippen molar-refractivity contribution in [1.29, 1.82) is 0 Å². The second-order valence-corrected chi connectivity index (χ2v) is 6.23. The molecule has 28 heavy (non-hydrogen) atoms. The SMILES string of the molecule is COc1cc(C(C)=O)ccc1OCc1ccc(C(=O)Nc2ccccc2)cc1. The summed E-state index contributed by atoms with van der Waals surface area (Å²) in [5, 5.41) is 2.85. The predicted octanol–water partition coefficient (Wildman–Crippen LogP) is 4.73. The average Bonchev–Trinajstić information content (AvgIpc) is 2.73. The third-order valence-corrected chi connectivity index (χ3v) is 4.21. The minimum atomic E-state index is -0.167. The van der Waals surface area contributed by atoms with Crippen LogP contribution in [0, 0.1) is 0 Å². The fourth-order valence-corrected chi connectivity index (χ4v) is 2.64. The summed E-state index contributed by atoms with van der Waals surface area (Å²) in [4.78, 5) is 23.8. The highest BCUT2D eigenvalue weighted by atomic mass is 16.5. The molecule has 3 aromatic carbocycles. The zero-order chi connectivity index (χ0) is 19.9. The summed E-state index contributed by atoms with van der Waals surface area (Å²) in [6.07, 6.45) is 0. The summed E-state index contributed by atoms with van der Waals surface area (Å²) >= 11 is 0. The van der Waals surface area contributed by atoms with Crippen LogP contribution in [0.25, 0.3) is 0 Å². The molecule has 0 saturated carbocycles. The van der Waals surface area contributed by atoms with E-state index in [2.05, 4.69) is 5.32 Å². The summed E-state index contributed by atoms with van der Waals surface area (Å²) in [6.45, 7) is 1.82. The number of methoxy groups -OCH3 is 1. The van der Waals surface area contributed by atoms with Crippen molar-refractivity contribution >= 4 is 17.4 Å². The molecule has 5 nitrogen and oxygen atoms in total. The summed E-state index contributed by atoms with van der Waals surface area (Å²) in [7, 11) is 1.53. The number of anilines is 1. The Morgan fingerprint density at radius 1 is 0.857 bits per heavy atom. The molecule has 5 heteroatoms. The number of carbonyl (C=O) groups excluding carboxylic acids is 2. The van der Waals surface area contributed by atoms with Crippen LogP contribution in [0.4, 0.5) is 5.69 Å². The number of Topliss-reactive ketones (excluding diaryl/α,β-unsaturated/α-hetero) is 1. The first-order chi connectivity index (χ1) is 13.6. The van der Waals surface area contributed by atoms with Crippen LogP contribution in [0.5, 0.6) is 11.5 Å². The number of benzene rings is 3. The van der Waals surface area contributed by atoms with Crippen molar-refractivity contribution in [2.24, 2.45) is 0 Å². The highest BCUT2D eigenvalue weighted by molar-refractivity contribution is 6.04. The number of ketones is 1. The molecule has 3 rings (SSSR count). The number of para-hydroxylation sites is 1. The Bertz CT molecular complexity index is 966. The molecule has 0 unspecified atom stereocenters. The number of carbonyl (C=O) groups is 2. The topological polar surface area (TPSA) is 64.6 Å². The Hall–Kier alpha value is -3.60. The van der Waals surface area contributed by atoms with E-state index in [1.807, 2.05) is 42.5 Å². The Morgan fingerprint density at radius 2 is 1.54 bits per heavy atom. The molecular weight excluding hydrogens is 354 g/mol. The summed E-state index contributed by atoms with van der Waals surface area (Å²) < 4.78 is 11.1. The second-order valence-electron chi connectivity index (χ2n) is 6.23. The summed E-state index contributed by atoms with van der Waals surface area (Å²) in [6, 6.07) is 21.6. The molecule has 0 aliphatic heterocycles. The van der Waals surface area contributed by atoms with E-state index < -0.39 is 0 Å². The van der Waals surface area contributed by atoms with Gasteiger partial charge in [0.05, 0.1) is 7.11 Å². The highest BCUT2D eigenvalue weighted by Gasteiger charge is 2.10. The predicted molar refractivity (Wildman–Crippen MR) is 108 cm³/mol. The minimum absolute atomic E-state index is 0.0331. The summed E-state index contributed by atoms with van der Waals surface area (Å²) in [5.41, 5.74) is 2.80. The van der Waals surface area contributed by atoms with E-state index >= 15 is 0 Å². The van der Waals surface area contributed by atoms with Crippen LogP contribution in [0.2, 0.25) is 0 Å². The minimum Gasteiger partial charge on any atom is -0.493 e. The quantitative estimate of drug-likeness (QED) is 0.607. The lowest BCUT2D eigenvalue weighted by molar-refractivity contribution is 0.101. The molecule has 0 aliphatic carbocycles. The Kier molecular flexibility index (Phi) is 6.07. The van der Waals surface area contributed by atoms with Gasteiger partial charge < -0.3 is 14.8 Å². The van der Waals surface area contributed by atoms with Gasteiger partial charge in [0.15, 0.2) is 17.3 Å². The Labute approximate surface area is 163 Å². The average molecular weight is 375 g/mol. The van der Waals surface area contributed by atoms with E-state index in [9.17, 15) is 9.59 Å². The van der Waals surface area contributed by atoms with Crippen LogP contribution in [0.1, 0.15) is 33.2 Å². The van der Waals surface area contributed by atoms with Crippen LogP contribution in [-0.4, -0.2) is 18.8 Å². The monoisotopic (exact) mass is 375 g/mol. The zero-order valence-electron chi connectivity index (χ0n) is 15.8. The summed E-state index contributed by atoms with van der Waals surface area (Å²) in [5.74, 6) is 0.860. The van der Waals surface area contributed by atoms with Gasteiger partial charge in [-0.25, -0.2) is 0 Å². The van der Waals surface area contributed by atoms with Gasteiger partial charge in [0, 0.05) is 16.8 Å². The van der Waals surface area contributed by atoms with E-state index in [4.69, 9.17) is 9.47 Å². The van der Waals surface area contributed by atoms with Gasteiger partial charge in [-0.15, -0.1) is 0 Å². The fraction of sp³-hybridized carbons (Fsp3) is 0.130. The second kappa shape index (κ2) is 8.86. The van der Waals surface area contributed by atoms with Crippen LogP contribution in [0.15, 0.2) is 72.8 Å². The number of hydrogen-bond acceptors (Lipinski definition) is 4. The van der Waals surface area contributed by atoms with Gasteiger partial charge in [-0.3, -0.25) is 9.59 Å². The van der Waals surface area contributed by atoms with Gasteiger partial charge in [0.1, 0.15) is 6.61 Å². The van der Waals surface area contributed by atoms with Crippen molar-refractivity contribution in [3.05, 3.63) is 89.5 Å². The van der Waals surface area contributed by atoms with Gasteiger partial charge in [0.2, 0.25) is 0 Å². The van der Waals surface area contributed by atoms with E-state index in [1.165, 1.54) is 14.0 Å². The normalized spacial score (nSPS) is 10.2. The highest BCUT2D eigenvalue weighted by Crippen LogP contribution is 2.29. The molecule has 0 aliphatic rings. The van der Waals surface area contributed by atoms with Crippen molar-refractivity contribution in [3.63, 3.8) is 0 Å². The molecule has 0 atom stereocenters. The number of hydrogen-bond donors (Lipinski definition) is 1. The van der Waals surface area contributed by atoms with Gasteiger partial charge in [-0.05, 0) is 55.0 Å². The molecule has 1 N–H and O–H groups in total. The number of rotatable bonds is 7. The molecule has 142 valence electrons. The maximum atomic E-state index is 12.3. The van der Waals surface area contributed by atoms with Crippen LogP contribution in [0.3, 0.4) is 0 Å². The zero-order valence-corrected chi connectivity index (χ0v) is 15.8. The first kappa shape index (κ1) is 19.2. The van der Waals surface area contributed by atoms with Crippen molar-refractivity contribution < 1.29 is 19.1 Å². The number of nitrogens with one attached hydrogen (secondary N) is 1. The molecule has 0 heterocycles. The number of amides is 1. The Balaban J connectivity index is 1.63. The Morgan fingerprint density at radius 3 is 2.18 bits per heavy atom. The smallest absolute Gasteiger partial charge is 0.255 e. The van der Waals surface area contributed by atoms with Crippen LogP contribution in [-0.2, 0) is 6.61 Å². The molecule has 0 saturated heterocycles. The van der Waals surface area contributed by atoms with Gasteiger partial charge >= 0.3 is 0 Å². The lowest BCUT2D eigenvalue weighted by Crippen LogP contribution is -2.11. The first-order valence-electron chi connectivity index (χ1n) is 8.84.